The standard InChI is InChI=1S/C12H17N5S/c1-13-10-7-17-5-4-14-11(17)12(15-10)16(2)9-3-6-18-8-9/h4-5,7,9,13H,3,6,8H2,1-2H3. The molecule has 0 bridgehead atoms. The minimum Gasteiger partial charge on any atom is -0.372 e. The predicted molar refractivity (Wildman–Crippen MR) is 76.7 cm³/mol. The molecule has 1 fully saturated rings. The highest BCUT2D eigenvalue weighted by Gasteiger charge is 2.23. The summed E-state index contributed by atoms with van der Waals surface area (Å²) in [5.74, 6) is 4.24. The van der Waals surface area contributed by atoms with E-state index >= 15 is 0 Å². The van der Waals surface area contributed by atoms with Gasteiger partial charge >= 0.3 is 0 Å². The van der Waals surface area contributed by atoms with Gasteiger partial charge in [-0.05, 0) is 12.2 Å². The zero-order chi connectivity index (χ0) is 12.5. The second kappa shape index (κ2) is 4.68. The van der Waals surface area contributed by atoms with E-state index in [1.165, 1.54) is 17.9 Å². The molecular weight excluding hydrogens is 246 g/mol. The molecule has 1 N–H and O–H groups in total. The topological polar surface area (TPSA) is 45.5 Å². The molecular formula is C12H17N5S. The highest BCUT2D eigenvalue weighted by atomic mass is 32.2. The average Bonchev–Trinajstić information content (AvgIpc) is 3.07. The molecule has 1 aliphatic rings. The van der Waals surface area contributed by atoms with Gasteiger partial charge in [0.15, 0.2) is 11.5 Å². The van der Waals surface area contributed by atoms with Crippen LogP contribution in [0.2, 0.25) is 0 Å². The number of fused-ring (bicyclic) bond motifs is 1. The maximum atomic E-state index is 4.66. The highest BCUT2D eigenvalue weighted by molar-refractivity contribution is 7.99. The van der Waals surface area contributed by atoms with Gasteiger partial charge in [-0.25, -0.2) is 9.97 Å². The summed E-state index contributed by atoms with van der Waals surface area (Å²) in [6, 6.07) is 0.565. The van der Waals surface area contributed by atoms with Gasteiger partial charge in [0.25, 0.3) is 0 Å². The Hall–Kier alpha value is -1.43. The van der Waals surface area contributed by atoms with Gasteiger partial charge in [0.05, 0.1) is 6.20 Å². The minimum absolute atomic E-state index is 0.565. The highest BCUT2D eigenvalue weighted by Crippen LogP contribution is 2.27. The molecule has 18 heavy (non-hydrogen) atoms. The smallest absolute Gasteiger partial charge is 0.180 e. The summed E-state index contributed by atoms with van der Waals surface area (Å²) >= 11 is 2.01. The van der Waals surface area contributed by atoms with Gasteiger partial charge in [-0.1, -0.05) is 0 Å². The normalized spacial score (nSPS) is 19.3. The lowest BCUT2D eigenvalue weighted by Crippen LogP contribution is -2.32. The first-order valence-corrected chi connectivity index (χ1v) is 7.27. The maximum absolute atomic E-state index is 4.66. The molecule has 0 saturated carbocycles. The number of rotatable bonds is 3. The van der Waals surface area contributed by atoms with E-state index in [2.05, 4.69) is 27.2 Å². The van der Waals surface area contributed by atoms with Crippen LogP contribution in [0.25, 0.3) is 5.65 Å². The van der Waals surface area contributed by atoms with Gasteiger partial charge in [0, 0.05) is 38.3 Å². The molecule has 1 unspecified atom stereocenters. The Balaban J connectivity index is 2.05. The van der Waals surface area contributed by atoms with Crippen molar-refractivity contribution in [2.45, 2.75) is 12.5 Å². The van der Waals surface area contributed by atoms with E-state index in [9.17, 15) is 0 Å². The van der Waals surface area contributed by atoms with Crippen LogP contribution in [0.15, 0.2) is 18.6 Å². The SMILES string of the molecule is CNc1cn2ccnc2c(N(C)C2CCSC2)n1. The third-order valence-corrected chi connectivity index (χ3v) is 4.54. The fourth-order valence-electron chi connectivity index (χ4n) is 2.27. The van der Waals surface area contributed by atoms with Crippen molar-refractivity contribution in [2.75, 3.05) is 35.8 Å². The lowest BCUT2D eigenvalue weighted by atomic mass is 10.2. The van der Waals surface area contributed by atoms with Crippen LogP contribution >= 0.6 is 11.8 Å². The molecule has 5 nitrogen and oxygen atoms in total. The van der Waals surface area contributed by atoms with Crippen LogP contribution in [0.1, 0.15) is 6.42 Å². The molecule has 3 heterocycles. The third-order valence-electron chi connectivity index (χ3n) is 3.40. The van der Waals surface area contributed by atoms with Crippen molar-refractivity contribution in [1.29, 1.82) is 0 Å². The fourth-order valence-corrected chi connectivity index (χ4v) is 3.54. The number of nitrogens with zero attached hydrogens (tertiary/aromatic N) is 4. The number of imidazole rings is 1. The van der Waals surface area contributed by atoms with Crippen LogP contribution < -0.4 is 10.2 Å². The van der Waals surface area contributed by atoms with Crippen LogP contribution in [0.4, 0.5) is 11.6 Å². The summed E-state index contributed by atoms with van der Waals surface area (Å²) < 4.78 is 2.02. The van der Waals surface area contributed by atoms with E-state index in [4.69, 9.17) is 0 Å². The van der Waals surface area contributed by atoms with Crippen molar-refractivity contribution < 1.29 is 0 Å². The van der Waals surface area contributed by atoms with Crippen LogP contribution in [-0.2, 0) is 0 Å². The van der Waals surface area contributed by atoms with Crippen molar-refractivity contribution in [2.24, 2.45) is 0 Å². The molecule has 1 saturated heterocycles. The second-order valence-corrected chi connectivity index (χ2v) is 5.64. The summed E-state index contributed by atoms with van der Waals surface area (Å²) in [4.78, 5) is 11.3. The first-order valence-electron chi connectivity index (χ1n) is 6.11. The monoisotopic (exact) mass is 263 g/mol. The molecule has 2 aromatic heterocycles. The van der Waals surface area contributed by atoms with E-state index in [0.29, 0.717) is 6.04 Å². The molecule has 0 aromatic carbocycles. The van der Waals surface area contributed by atoms with Crippen LogP contribution in [0.5, 0.6) is 0 Å². The average molecular weight is 263 g/mol. The Morgan fingerprint density at radius 1 is 1.56 bits per heavy atom. The lowest BCUT2D eigenvalue weighted by Gasteiger charge is -2.25. The Bertz CT molecular complexity index is 546. The summed E-state index contributed by atoms with van der Waals surface area (Å²) in [6.45, 7) is 0. The number of hydrogen-bond donors (Lipinski definition) is 1. The fraction of sp³-hybridized carbons (Fsp3) is 0.500. The Labute approximate surface area is 111 Å². The Morgan fingerprint density at radius 3 is 3.17 bits per heavy atom. The number of anilines is 2. The molecule has 0 amide bonds. The molecule has 0 aliphatic carbocycles. The summed E-state index contributed by atoms with van der Waals surface area (Å²) in [5.41, 5.74) is 0.924. The van der Waals surface area contributed by atoms with E-state index in [0.717, 1.165) is 17.3 Å². The summed E-state index contributed by atoms with van der Waals surface area (Å²) in [6.07, 6.45) is 6.96. The molecule has 3 rings (SSSR count). The zero-order valence-electron chi connectivity index (χ0n) is 10.6. The first-order chi connectivity index (χ1) is 8.79. The van der Waals surface area contributed by atoms with E-state index in [1.54, 1.807) is 0 Å². The largest absolute Gasteiger partial charge is 0.372 e. The summed E-state index contributed by atoms with van der Waals surface area (Å²) in [5, 5.41) is 3.10. The Morgan fingerprint density at radius 2 is 2.44 bits per heavy atom. The van der Waals surface area contributed by atoms with Crippen molar-refractivity contribution in [1.82, 2.24) is 14.4 Å². The summed E-state index contributed by atoms with van der Waals surface area (Å²) in [7, 11) is 4.01. The number of hydrogen-bond acceptors (Lipinski definition) is 5. The van der Waals surface area contributed by atoms with Gasteiger partial charge in [0.1, 0.15) is 5.82 Å². The molecule has 96 valence electrons. The minimum atomic E-state index is 0.565. The van der Waals surface area contributed by atoms with Crippen LogP contribution in [0.3, 0.4) is 0 Å². The van der Waals surface area contributed by atoms with E-state index in [1.807, 2.05) is 41.8 Å². The second-order valence-electron chi connectivity index (χ2n) is 4.49. The molecule has 1 aliphatic heterocycles. The van der Waals surface area contributed by atoms with Crippen LogP contribution in [0, 0.1) is 0 Å². The van der Waals surface area contributed by atoms with Crippen molar-refractivity contribution in [3.8, 4) is 0 Å². The predicted octanol–water partition coefficient (Wildman–Crippen LogP) is 1.71. The molecule has 6 heteroatoms. The van der Waals surface area contributed by atoms with E-state index < -0.39 is 0 Å². The number of thioether (sulfide) groups is 1. The maximum Gasteiger partial charge on any atom is 0.180 e. The van der Waals surface area contributed by atoms with Crippen LogP contribution in [-0.4, -0.2) is 46.0 Å². The van der Waals surface area contributed by atoms with Crippen molar-refractivity contribution in [3.63, 3.8) is 0 Å². The van der Waals surface area contributed by atoms with E-state index in [-0.39, 0.29) is 0 Å². The van der Waals surface area contributed by atoms with Gasteiger partial charge in [-0.3, -0.25) is 0 Å². The van der Waals surface area contributed by atoms with Gasteiger partial charge < -0.3 is 14.6 Å². The zero-order valence-corrected chi connectivity index (χ0v) is 11.4. The molecule has 2 aromatic rings. The lowest BCUT2D eigenvalue weighted by molar-refractivity contribution is 0.692. The quantitative estimate of drug-likeness (QED) is 0.913. The number of nitrogens with one attached hydrogen (secondary N) is 1. The van der Waals surface area contributed by atoms with Gasteiger partial charge in [0.2, 0.25) is 0 Å². The molecule has 0 spiro atoms. The first kappa shape index (κ1) is 11.6. The Kier molecular flexibility index (Phi) is 3.03. The third kappa shape index (κ3) is 1.90. The van der Waals surface area contributed by atoms with Crippen molar-refractivity contribution in [3.05, 3.63) is 18.6 Å². The van der Waals surface area contributed by atoms with Gasteiger partial charge in [-0.15, -0.1) is 0 Å². The number of aromatic nitrogens is 3. The molecule has 1 atom stereocenters. The van der Waals surface area contributed by atoms with Gasteiger partial charge in [-0.2, -0.15) is 11.8 Å². The molecule has 0 radical (unpaired) electrons. The van der Waals surface area contributed by atoms with Crippen molar-refractivity contribution >= 4 is 29.0 Å².